The summed E-state index contributed by atoms with van der Waals surface area (Å²) in [6.45, 7) is 2.37. The normalized spacial score (nSPS) is 18.4. The Morgan fingerprint density at radius 3 is 2.93 bits per heavy atom. The van der Waals surface area contributed by atoms with Crippen molar-refractivity contribution in [2.45, 2.75) is 12.6 Å². The molecule has 0 aliphatic carbocycles. The van der Waals surface area contributed by atoms with Crippen LogP contribution in [0.2, 0.25) is 5.02 Å². The van der Waals surface area contributed by atoms with E-state index < -0.39 is 17.4 Å². The second kappa shape index (κ2) is 6.75. The Kier molecular flexibility index (Phi) is 4.48. The highest BCUT2D eigenvalue weighted by Crippen LogP contribution is 2.44. The lowest BCUT2D eigenvalue weighted by Gasteiger charge is -2.26. The fourth-order valence-corrected chi connectivity index (χ4v) is 3.91. The Labute approximate surface area is 170 Å². The number of amides is 1. The van der Waals surface area contributed by atoms with Crippen LogP contribution in [-0.4, -0.2) is 27.4 Å². The lowest BCUT2D eigenvalue weighted by atomic mass is 9.91. The zero-order chi connectivity index (χ0) is 20.9. The molecule has 1 atom stereocenters. The standard InChI is InChI=1S/C20H18ClFN4O3/c1-3-29-7-6-15-11-9-14(23)17-16(18(11)25-26(15)2)19(27)24-20(17,28)12-8-10(22)4-5-13(12)21/h4-9,28H,3,23H2,1-2H3,(H,24,27)/b7-6+. The maximum Gasteiger partial charge on any atom is 0.256 e. The number of ether oxygens (including phenoxy) is 1. The number of aromatic nitrogens is 2. The van der Waals surface area contributed by atoms with Gasteiger partial charge in [0, 0.05) is 34.3 Å². The van der Waals surface area contributed by atoms with E-state index in [1.807, 2.05) is 6.92 Å². The molecule has 1 aromatic heterocycles. The van der Waals surface area contributed by atoms with Gasteiger partial charge in [-0.2, -0.15) is 5.10 Å². The average Bonchev–Trinajstić information content (AvgIpc) is 3.12. The smallest absolute Gasteiger partial charge is 0.256 e. The fraction of sp³-hybridized carbons (Fsp3) is 0.200. The molecule has 9 heteroatoms. The molecule has 4 N–H and O–H groups in total. The van der Waals surface area contributed by atoms with Crippen molar-refractivity contribution >= 4 is 40.2 Å². The van der Waals surface area contributed by atoms with Crippen molar-refractivity contribution in [1.29, 1.82) is 0 Å². The minimum atomic E-state index is -2.08. The summed E-state index contributed by atoms with van der Waals surface area (Å²) in [7, 11) is 1.72. The number of benzene rings is 2. The number of carbonyl (C=O) groups is 1. The first kappa shape index (κ1) is 19.2. The van der Waals surface area contributed by atoms with Gasteiger partial charge in [0.15, 0.2) is 5.72 Å². The Hall–Kier alpha value is -3.10. The number of nitrogens with one attached hydrogen (secondary N) is 1. The summed E-state index contributed by atoms with van der Waals surface area (Å²) in [5.41, 5.74) is 5.56. The van der Waals surface area contributed by atoms with Crippen LogP contribution in [0.5, 0.6) is 0 Å². The molecule has 0 saturated heterocycles. The van der Waals surface area contributed by atoms with Crippen molar-refractivity contribution in [2.24, 2.45) is 7.05 Å². The van der Waals surface area contributed by atoms with Crippen LogP contribution in [0.3, 0.4) is 0 Å². The molecule has 1 aliphatic heterocycles. The fourth-order valence-electron chi connectivity index (χ4n) is 3.65. The van der Waals surface area contributed by atoms with E-state index in [-0.39, 0.29) is 27.4 Å². The molecule has 0 radical (unpaired) electrons. The van der Waals surface area contributed by atoms with Crippen LogP contribution in [0.4, 0.5) is 10.1 Å². The van der Waals surface area contributed by atoms with Crippen molar-refractivity contribution in [2.75, 3.05) is 12.3 Å². The number of halogens is 2. The molecule has 150 valence electrons. The van der Waals surface area contributed by atoms with Crippen LogP contribution in [0.25, 0.3) is 17.0 Å². The Morgan fingerprint density at radius 1 is 1.45 bits per heavy atom. The minimum absolute atomic E-state index is 0.00953. The molecule has 29 heavy (non-hydrogen) atoms. The molecule has 7 nitrogen and oxygen atoms in total. The number of nitrogens with two attached hydrogens (primary N) is 1. The molecule has 1 unspecified atom stereocenters. The van der Waals surface area contributed by atoms with E-state index >= 15 is 0 Å². The van der Waals surface area contributed by atoms with Gasteiger partial charge in [0.2, 0.25) is 0 Å². The summed E-state index contributed by atoms with van der Waals surface area (Å²) in [6, 6.07) is 5.15. The number of aliphatic hydroxyl groups is 1. The topological polar surface area (TPSA) is 102 Å². The number of hydrogen-bond donors (Lipinski definition) is 3. The molecule has 0 spiro atoms. The first-order valence-electron chi connectivity index (χ1n) is 8.86. The number of nitrogens with zero attached hydrogens (tertiary/aromatic N) is 2. The van der Waals surface area contributed by atoms with E-state index in [0.29, 0.717) is 23.2 Å². The zero-order valence-electron chi connectivity index (χ0n) is 15.7. The van der Waals surface area contributed by atoms with Gasteiger partial charge >= 0.3 is 0 Å². The van der Waals surface area contributed by atoms with Gasteiger partial charge in [-0.3, -0.25) is 9.48 Å². The quantitative estimate of drug-likeness (QED) is 0.448. The number of rotatable bonds is 4. The molecular weight excluding hydrogens is 399 g/mol. The third-order valence-electron chi connectivity index (χ3n) is 4.90. The second-order valence-corrected chi connectivity index (χ2v) is 7.07. The maximum atomic E-state index is 13.9. The second-order valence-electron chi connectivity index (χ2n) is 6.67. The van der Waals surface area contributed by atoms with E-state index in [0.717, 1.165) is 12.1 Å². The highest BCUT2D eigenvalue weighted by Gasteiger charge is 2.47. The molecular formula is C20H18ClFN4O3. The Morgan fingerprint density at radius 2 is 2.21 bits per heavy atom. The van der Waals surface area contributed by atoms with Crippen LogP contribution in [0.1, 0.15) is 34.1 Å². The first-order valence-corrected chi connectivity index (χ1v) is 9.24. The number of carbonyl (C=O) groups excluding carboxylic acids is 1. The monoisotopic (exact) mass is 416 g/mol. The first-order chi connectivity index (χ1) is 13.8. The average molecular weight is 417 g/mol. The van der Waals surface area contributed by atoms with Crippen molar-refractivity contribution in [3.63, 3.8) is 0 Å². The highest BCUT2D eigenvalue weighted by atomic mass is 35.5. The van der Waals surface area contributed by atoms with E-state index in [4.69, 9.17) is 22.1 Å². The molecule has 2 heterocycles. The number of anilines is 1. The van der Waals surface area contributed by atoms with Gasteiger partial charge in [0.25, 0.3) is 5.91 Å². The molecule has 1 amide bonds. The van der Waals surface area contributed by atoms with Gasteiger partial charge in [-0.1, -0.05) is 11.6 Å². The number of aryl methyl sites for hydroxylation is 1. The molecule has 2 aromatic carbocycles. The van der Waals surface area contributed by atoms with Crippen LogP contribution in [0, 0.1) is 5.82 Å². The van der Waals surface area contributed by atoms with Crippen LogP contribution in [-0.2, 0) is 17.5 Å². The largest absolute Gasteiger partial charge is 0.501 e. The molecule has 0 saturated carbocycles. The molecule has 0 fully saturated rings. The third-order valence-corrected chi connectivity index (χ3v) is 5.22. The summed E-state index contributed by atoms with van der Waals surface area (Å²) in [5, 5.41) is 19.0. The minimum Gasteiger partial charge on any atom is -0.501 e. The predicted molar refractivity (Wildman–Crippen MR) is 108 cm³/mol. The number of hydrogen-bond acceptors (Lipinski definition) is 5. The van der Waals surface area contributed by atoms with Crippen molar-refractivity contribution in [1.82, 2.24) is 15.1 Å². The van der Waals surface area contributed by atoms with Gasteiger partial charge in [-0.05, 0) is 37.3 Å². The van der Waals surface area contributed by atoms with E-state index in [1.54, 1.807) is 23.9 Å². The summed E-state index contributed by atoms with van der Waals surface area (Å²) >= 11 is 6.19. The maximum absolute atomic E-state index is 13.9. The van der Waals surface area contributed by atoms with Gasteiger partial charge in [0.05, 0.1) is 24.1 Å². The lowest BCUT2D eigenvalue weighted by Crippen LogP contribution is -2.40. The predicted octanol–water partition coefficient (Wildman–Crippen LogP) is 2.89. The molecule has 0 bridgehead atoms. The van der Waals surface area contributed by atoms with Crippen LogP contribution >= 0.6 is 11.6 Å². The van der Waals surface area contributed by atoms with Gasteiger partial charge in [-0.25, -0.2) is 4.39 Å². The van der Waals surface area contributed by atoms with Gasteiger partial charge < -0.3 is 20.9 Å². The van der Waals surface area contributed by atoms with Crippen molar-refractivity contribution < 1.29 is 19.0 Å². The third kappa shape index (κ3) is 2.83. The Bertz CT molecular complexity index is 1190. The van der Waals surface area contributed by atoms with Crippen LogP contribution in [0.15, 0.2) is 30.5 Å². The number of fused-ring (bicyclic) bond motifs is 3. The van der Waals surface area contributed by atoms with Crippen LogP contribution < -0.4 is 11.1 Å². The van der Waals surface area contributed by atoms with E-state index in [9.17, 15) is 14.3 Å². The number of nitrogen functional groups attached to an aromatic ring is 1. The van der Waals surface area contributed by atoms with Gasteiger partial charge in [-0.15, -0.1) is 0 Å². The summed E-state index contributed by atoms with van der Waals surface area (Å²) in [4.78, 5) is 12.8. The lowest BCUT2D eigenvalue weighted by molar-refractivity contribution is 0.0479. The van der Waals surface area contributed by atoms with E-state index in [2.05, 4.69) is 10.4 Å². The highest BCUT2D eigenvalue weighted by molar-refractivity contribution is 6.31. The molecule has 3 aromatic rings. The zero-order valence-corrected chi connectivity index (χ0v) is 16.4. The molecule has 1 aliphatic rings. The van der Waals surface area contributed by atoms with Crippen molar-refractivity contribution in [3.8, 4) is 0 Å². The Balaban J connectivity index is 1.99. The van der Waals surface area contributed by atoms with Gasteiger partial charge in [0.1, 0.15) is 11.3 Å². The SMILES string of the molecule is CCO/C=C/c1c2cc(N)c3c(c2nn1C)C(=O)NC3(O)c1cc(F)ccc1Cl. The summed E-state index contributed by atoms with van der Waals surface area (Å²) in [6.07, 6.45) is 3.25. The van der Waals surface area contributed by atoms with E-state index in [1.165, 1.54) is 12.3 Å². The summed E-state index contributed by atoms with van der Waals surface area (Å²) in [5.74, 6) is -1.19. The summed E-state index contributed by atoms with van der Waals surface area (Å²) < 4.78 is 20.7. The molecule has 4 rings (SSSR count). The van der Waals surface area contributed by atoms with Crippen molar-refractivity contribution in [3.05, 3.63) is 63.8 Å².